The Labute approximate surface area is 177 Å². The standard InChI is InChI=1S/C24H17F2N3O2/c1-15-23(30)28(14-17-7-4-6-16(12-17)13-27)20-10-2-3-11-21(20)29(15)24(31)22-18(25)8-5-9-19(22)26/h2-12,15H,14H2,1H3/t15-/m0/s1. The van der Waals surface area contributed by atoms with Crippen molar-refractivity contribution >= 4 is 23.2 Å². The number of nitriles is 1. The van der Waals surface area contributed by atoms with Crippen LogP contribution in [0.4, 0.5) is 20.2 Å². The number of rotatable bonds is 3. The first-order chi connectivity index (χ1) is 14.9. The molecule has 7 heteroatoms. The minimum atomic E-state index is -0.988. The SMILES string of the molecule is C[C@H]1C(=O)N(Cc2cccc(C#N)c2)c2ccccc2N1C(=O)c1c(F)cccc1F. The highest BCUT2D eigenvalue weighted by molar-refractivity contribution is 6.17. The molecule has 1 aliphatic heterocycles. The molecule has 5 nitrogen and oxygen atoms in total. The van der Waals surface area contributed by atoms with Gasteiger partial charge in [0.2, 0.25) is 5.91 Å². The molecule has 0 bridgehead atoms. The zero-order chi connectivity index (χ0) is 22.1. The summed E-state index contributed by atoms with van der Waals surface area (Å²) in [6.45, 7) is 1.71. The van der Waals surface area contributed by atoms with Crippen LogP contribution in [0.3, 0.4) is 0 Å². The molecule has 0 saturated carbocycles. The number of nitrogens with zero attached hydrogens (tertiary/aromatic N) is 3. The summed E-state index contributed by atoms with van der Waals surface area (Å²) < 4.78 is 28.6. The van der Waals surface area contributed by atoms with E-state index in [4.69, 9.17) is 5.26 Å². The Balaban J connectivity index is 1.78. The van der Waals surface area contributed by atoms with E-state index in [-0.39, 0.29) is 6.54 Å². The Hall–Kier alpha value is -4.05. The van der Waals surface area contributed by atoms with Crippen molar-refractivity contribution in [1.82, 2.24) is 0 Å². The molecule has 3 aromatic rings. The molecule has 0 saturated heterocycles. The summed E-state index contributed by atoms with van der Waals surface area (Å²) in [6, 6.07) is 17.9. The number of carbonyl (C=O) groups excluding carboxylic acids is 2. The maximum absolute atomic E-state index is 14.3. The lowest BCUT2D eigenvalue weighted by Crippen LogP contribution is -2.54. The normalized spacial score (nSPS) is 15.4. The fourth-order valence-electron chi connectivity index (χ4n) is 3.75. The number of benzene rings is 3. The van der Waals surface area contributed by atoms with Crippen molar-refractivity contribution in [3.8, 4) is 6.07 Å². The summed E-state index contributed by atoms with van der Waals surface area (Å²) in [5.74, 6) is -3.29. The van der Waals surface area contributed by atoms with Crippen LogP contribution in [0.2, 0.25) is 0 Å². The molecule has 2 amide bonds. The van der Waals surface area contributed by atoms with Crippen molar-refractivity contribution in [2.24, 2.45) is 0 Å². The average Bonchev–Trinajstić information content (AvgIpc) is 2.77. The summed E-state index contributed by atoms with van der Waals surface area (Å²) in [7, 11) is 0. The van der Waals surface area contributed by atoms with Gasteiger partial charge in [-0.2, -0.15) is 5.26 Å². The molecular weight excluding hydrogens is 400 g/mol. The van der Waals surface area contributed by atoms with Gasteiger partial charge in [-0.15, -0.1) is 0 Å². The Bertz CT molecular complexity index is 1220. The van der Waals surface area contributed by atoms with E-state index >= 15 is 0 Å². The molecule has 0 spiro atoms. The number of hydrogen-bond acceptors (Lipinski definition) is 3. The van der Waals surface area contributed by atoms with Gasteiger partial charge in [0.1, 0.15) is 23.2 Å². The molecule has 31 heavy (non-hydrogen) atoms. The number of halogens is 2. The zero-order valence-corrected chi connectivity index (χ0v) is 16.5. The van der Waals surface area contributed by atoms with Crippen LogP contribution in [-0.4, -0.2) is 17.9 Å². The van der Waals surface area contributed by atoms with Crippen LogP contribution in [0.25, 0.3) is 0 Å². The van der Waals surface area contributed by atoms with Crippen LogP contribution in [0, 0.1) is 23.0 Å². The molecule has 3 aromatic carbocycles. The topological polar surface area (TPSA) is 64.4 Å². The van der Waals surface area contributed by atoms with Crippen LogP contribution in [-0.2, 0) is 11.3 Å². The van der Waals surface area contributed by atoms with Crippen molar-refractivity contribution in [2.45, 2.75) is 19.5 Å². The van der Waals surface area contributed by atoms with E-state index in [1.165, 1.54) is 17.9 Å². The van der Waals surface area contributed by atoms with E-state index in [9.17, 15) is 18.4 Å². The fourth-order valence-corrected chi connectivity index (χ4v) is 3.75. The second-order valence-electron chi connectivity index (χ2n) is 7.17. The largest absolute Gasteiger partial charge is 0.304 e. The third-order valence-electron chi connectivity index (χ3n) is 5.23. The van der Waals surface area contributed by atoms with E-state index in [2.05, 4.69) is 6.07 Å². The van der Waals surface area contributed by atoms with Crippen LogP contribution in [0.5, 0.6) is 0 Å². The molecule has 0 aromatic heterocycles. The van der Waals surface area contributed by atoms with E-state index in [1.54, 1.807) is 48.5 Å². The molecule has 0 radical (unpaired) electrons. The Kier molecular flexibility index (Phi) is 5.22. The van der Waals surface area contributed by atoms with Gasteiger partial charge < -0.3 is 4.90 Å². The Morgan fingerprint density at radius 3 is 2.32 bits per heavy atom. The number of fused-ring (bicyclic) bond motifs is 1. The highest BCUT2D eigenvalue weighted by Crippen LogP contribution is 2.38. The number of anilines is 2. The Morgan fingerprint density at radius 1 is 1.00 bits per heavy atom. The number of para-hydroxylation sites is 2. The lowest BCUT2D eigenvalue weighted by atomic mass is 10.0. The first-order valence-corrected chi connectivity index (χ1v) is 9.59. The first-order valence-electron chi connectivity index (χ1n) is 9.59. The minimum Gasteiger partial charge on any atom is -0.304 e. The fraction of sp³-hybridized carbons (Fsp3) is 0.125. The lowest BCUT2D eigenvalue weighted by Gasteiger charge is -2.40. The van der Waals surface area contributed by atoms with Gasteiger partial charge in [-0.05, 0) is 48.9 Å². The molecule has 154 valence electrons. The predicted octanol–water partition coefficient (Wildman–Crippen LogP) is 4.42. The van der Waals surface area contributed by atoms with Crippen molar-refractivity contribution in [3.63, 3.8) is 0 Å². The summed E-state index contributed by atoms with van der Waals surface area (Å²) in [4.78, 5) is 29.0. The molecule has 0 fully saturated rings. The summed E-state index contributed by atoms with van der Waals surface area (Å²) >= 11 is 0. The second kappa shape index (κ2) is 8.00. The maximum Gasteiger partial charge on any atom is 0.265 e. The van der Waals surface area contributed by atoms with E-state index < -0.39 is 35.1 Å². The number of carbonyl (C=O) groups is 2. The van der Waals surface area contributed by atoms with E-state index in [0.717, 1.165) is 22.6 Å². The highest BCUT2D eigenvalue weighted by Gasteiger charge is 2.40. The summed E-state index contributed by atoms with van der Waals surface area (Å²) in [5, 5.41) is 9.13. The molecule has 1 atom stereocenters. The molecule has 0 aliphatic carbocycles. The second-order valence-corrected chi connectivity index (χ2v) is 7.17. The molecular formula is C24H17F2N3O2. The van der Waals surface area contributed by atoms with Gasteiger partial charge in [-0.3, -0.25) is 14.5 Å². The first kappa shape index (κ1) is 20.2. The summed E-state index contributed by atoms with van der Waals surface area (Å²) in [5.41, 5.74) is 1.33. The lowest BCUT2D eigenvalue weighted by molar-refractivity contribution is -0.119. The Morgan fingerprint density at radius 2 is 1.65 bits per heavy atom. The van der Waals surface area contributed by atoms with Crippen LogP contribution in [0.1, 0.15) is 28.4 Å². The molecule has 1 heterocycles. The predicted molar refractivity (Wildman–Crippen MR) is 111 cm³/mol. The molecule has 1 aliphatic rings. The summed E-state index contributed by atoms with van der Waals surface area (Å²) in [6.07, 6.45) is 0. The minimum absolute atomic E-state index is 0.186. The molecule has 0 unspecified atom stereocenters. The van der Waals surface area contributed by atoms with Gasteiger partial charge in [0.15, 0.2) is 0 Å². The molecule has 4 rings (SSSR count). The van der Waals surface area contributed by atoms with E-state index in [1.807, 2.05) is 0 Å². The highest BCUT2D eigenvalue weighted by atomic mass is 19.1. The quantitative estimate of drug-likeness (QED) is 0.634. The third-order valence-corrected chi connectivity index (χ3v) is 5.23. The van der Waals surface area contributed by atoms with Gasteiger partial charge in [0.25, 0.3) is 5.91 Å². The molecule has 0 N–H and O–H groups in total. The average molecular weight is 417 g/mol. The van der Waals surface area contributed by atoms with Gasteiger partial charge in [-0.25, -0.2) is 8.78 Å². The van der Waals surface area contributed by atoms with Gasteiger partial charge >= 0.3 is 0 Å². The smallest absolute Gasteiger partial charge is 0.265 e. The van der Waals surface area contributed by atoms with Crippen LogP contribution >= 0.6 is 0 Å². The maximum atomic E-state index is 14.3. The number of hydrogen-bond donors (Lipinski definition) is 0. The van der Waals surface area contributed by atoms with Crippen LogP contribution < -0.4 is 9.80 Å². The monoisotopic (exact) mass is 417 g/mol. The van der Waals surface area contributed by atoms with Crippen molar-refractivity contribution in [2.75, 3.05) is 9.80 Å². The van der Waals surface area contributed by atoms with Gasteiger partial charge in [0, 0.05) is 0 Å². The third kappa shape index (κ3) is 3.53. The van der Waals surface area contributed by atoms with E-state index in [0.29, 0.717) is 16.9 Å². The number of amides is 2. The zero-order valence-electron chi connectivity index (χ0n) is 16.5. The van der Waals surface area contributed by atoms with Crippen molar-refractivity contribution in [1.29, 1.82) is 5.26 Å². The van der Waals surface area contributed by atoms with Crippen LogP contribution in [0.15, 0.2) is 66.7 Å². The van der Waals surface area contributed by atoms with Crippen molar-refractivity contribution < 1.29 is 18.4 Å². The van der Waals surface area contributed by atoms with Gasteiger partial charge in [0.05, 0.1) is 29.6 Å². The van der Waals surface area contributed by atoms with Crippen molar-refractivity contribution in [3.05, 3.63) is 95.1 Å². The van der Waals surface area contributed by atoms with Gasteiger partial charge in [-0.1, -0.05) is 30.3 Å².